The lowest BCUT2D eigenvalue weighted by Gasteiger charge is -2.18. The van der Waals surface area contributed by atoms with Crippen molar-refractivity contribution in [2.75, 3.05) is 17.7 Å². The Morgan fingerprint density at radius 3 is 2.82 bits per heavy atom. The highest BCUT2D eigenvalue weighted by Gasteiger charge is 2.21. The molecule has 0 aliphatic rings. The first kappa shape index (κ1) is 22.1. The summed E-state index contributed by atoms with van der Waals surface area (Å²) in [5.41, 5.74) is 0.440. The summed E-state index contributed by atoms with van der Waals surface area (Å²) in [6, 6.07) is 3.27. The fourth-order valence-electron chi connectivity index (χ4n) is 1.96. The summed E-state index contributed by atoms with van der Waals surface area (Å²) in [4.78, 5) is 12.0. The van der Waals surface area contributed by atoms with Crippen molar-refractivity contribution in [2.24, 2.45) is 5.16 Å². The normalized spacial score (nSPS) is 13.8. The number of carbonyl (C=O) groups is 1. The van der Waals surface area contributed by atoms with Crippen molar-refractivity contribution in [3.63, 3.8) is 0 Å². The highest BCUT2D eigenvalue weighted by atomic mass is 79.9. The molecular weight excluding hydrogens is 461 g/mol. The van der Waals surface area contributed by atoms with Gasteiger partial charge in [-0.15, -0.1) is 0 Å². The average Bonchev–Trinajstić information content (AvgIpc) is 3.13. The lowest BCUT2D eigenvalue weighted by Crippen LogP contribution is -2.45. The predicted molar refractivity (Wildman–Crippen MR) is 102 cm³/mol. The number of nitrogens with one attached hydrogen (secondary N) is 2. The average molecular weight is 478 g/mol. The van der Waals surface area contributed by atoms with Crippen LogP contribution in [0.2, 0.25) is 0 Å². The van der Waals surface area contributed by atoms with E-state index in [4.69, 9.17) is 5.11 Å². The third-order valence-corrected chi connectivity index (χ3v) is 4.99. The summed E-state index contributed by atoms with van der Waals surface area (Å²) >= 11 is 3.99. The molecule has 1 aromatic carbocycles. The molecule has 2 rings (SSSR count). The number of benzene rings is 1. The SMILES string of the molecule is C[C@@H](O)[C@@H](CO)NC(=O)CSc1nonc1C(=NO)Nc1ccc(F)c(Br)c1. The number of carbonyl (C=O) groups excluding carboxylic acids is 1. The summed E-state index contributed by atoms with van der Waals surface area (Å²) in [6.07, 6.45) is -0.921. The first-order valence-electron chi connectivity index (χ1n) is 7.83. The van der Waals surface area contributed by atoms with Gasteiger partial charge in [0.05, 0.1) is 29.0 Å². The van der Waals surface area contributed by atoms with Gasteiger partial charge in [-0.25, -0.2) is 9.02 Å². The van der Waals surface area contributed by atoms with Gasteiger partial charge in [-0.2, -0.15) is 0 Å². The van der Waals surface area contributed by atoms with E-state index in [9.17, 15) is 19.5 Å². The molecule has 2 aromatic rings. The number of oxime groups is 1. The van der Waals surface area contributed by atoms with E-state index >= 15 is 0 Å². The second-order valence-corrected chi connectivity index (χ2v) is 7.32. The molecule has 5 N–H and O–H groups in total. The number of halogens is 2. The number of hydrogen-bond donors (Lipinski definition) is 5. The molecule has 0 saturated heterocycles. The van der Waals surface area contributed by atoms with Crippen molar-refractivity contribution < 1.29 is 29.2 Å². The van der Waals surface area contributed by atoms with E-state index in [1.54, 1.807) is 0 Å². The van der Waals surface area contributed by atoms with Crippen molar-refractivity contribution in [3.05, 3.63) is 34.2 Å². The number of rotatable bonds is 8. The molecule has 10 nitrogen and oxygen atoms in total. The molecule has 1 heterocycles. The molecule has 0 radical (unpaired) electrons. The van der Waals surface area contributed by atoms with Gasteiger partial charge in [0.1, 0.15) is 5.82 Å². The zero-order chi connectivity index (χ0) is 20.7. The van der Waals surface area contributed by atoms with E-state index in [1.807, 2.05) is 0 Å². The summed E-state index contributed by atoms with van der Waals surface area (Å²) in [6.45, 7) is 1.03. The molecule has 13 heteroatoms. The first-order valence-corrected chi connectivity index (χ1v) is 9.61. The standard InChI is InChI=1S/C15H17BrFN5O5S/c1-7(24)11(5-23)19-12(25)6-28-15-13(21-27-22-15)14(20-26)18-8-2-3-10(17)9(16)4-8/h2-4,7,11,23-24,26H,5-6H2,1H3,(H,18,20)(H,19,25)/t7-,11-/m1/s1. The summed E-state index contributed by atoms with van der Waals surface area (Å²) in [5.74, 6) is -1.17. The zero-order valence-electron chi connectivity index (χ0n) is 14.5. The minimum absolute atomic E-state index is 0.0370. The van der Waals surface area contributed by atoms with Crippen LogP contribution in [0.25, 0.3) is 0 Å². The Kier molecular flexibility index (Phi) is 8.17. The minimum atomic E-state index is -0.921. The molecule has 0 saturated carbocycles. The number of anilines is 1. The van der Waals surface area contributed by atoms with Crippen LogP contribution in [0.3, 0.4) is 0 Å². The van der Waals surface area contributed by atoms with Gasteiger partial charge in [-0.05, 0) is 51.4 Å². The van der Waals surface area contributed by atoms with Crippen molar-refractivity contribution in [3.8, 4) is 0 Å². The zero-order valence-corrected chi connectivity index (χ0v) is 16.9. The smallest absolute Gasteiger partial charge is 0.230 e. The van der Waals surface area contributed by atoms with Crippen LogP contribution < -0.4 is 10.6 Å². The Morgan fingerprint density at radius 2 is 2.21 bits per heavy atom. The number of amidine groups is 1. The van der Waals surface area contributed by atoms with Crippen molar-refractivity contribution in [1.82, 2.24) is 15.6 Å². The van der Waals surface area contributed by atoms with E-state index in [2.05, 4.69) is 46.7 Å². The number of thioether (sulfide) groups is 1. The maximum Gasteiger partial charge on any atom is 0.230 e. The van der Waals surface area contributed by atoms with Crippen LogP contribution in [-0.2, 0) is 4.79 Å². The quantitative estimate of drug-likeness (QED) is 0.124. The summed E-state index contributed by atoms with van der Waals surface area (Å²) in [5, 5.41) is 43.6. The van der Waals surface area contributed by atoms with Gasteiger partial charge in [0.25, 0.3) is 0 Å². The summed E-state index contributed by atoms with van der Waals surface area (Å²) in [7, 11) is 0. The van der Waals surface area contributed by atoms with Crippen LogP contribution in [0, 0.1) is 5.82 Å². The second-order valence-electron chi connectivity index (χ2n) is 5.51. The number of hydrogen-bond acceptors (Lipinski definition) is 9. The Morgan fingerprint density at radius 1 is 1.46 bits per heavy atom. The fourth-order valence-corrected chi connectivity index (χ4v) is 3.05. The van der Waals surface area contributed by atoms with E-state index in [0.29, 0.717) is 5.69 Å². The molecule has 152 valence electrons. The maximum absolute atomic E-state index is 13.3. The van der Waals surface area contributed by atoms with E-state index in [1.165, 1.54) is 25.1 Å². The van der Waals surface area contributed by atoms with Crippen LogP contribution in [0.1, 0.15) is 12.6 Å². The van der Waals surface area contributed by atoms with Gasteiger partial charge >= 0.3 is 0 Å². The topological polar surface area (TPSA) is 153 Å². The second kappa shape index (κ2) is 10.4. The number of aliphatic hydroxyl groups is 2. The molecule has 0 bridgehead atoms. The van der Waals surface area contributed by atoms with E-state index < -0.39 is 30.5 Å². The molecule has 0 spiro atoms. The molecule has 0 aliphatic heterocycles. The predicted octanol–water partition coefficient (Wildman–Crippen LogP) is 1.17. The van der Waals surface area contributed by atoms with Gasteiger partial charge in [0.15, 0.2) is 10.7 Å². The number of amides is 1. The van der Waals surface area contributed by atoms with Crippen molar-refractivity contribution in [2.45, 2.75) is 24.1 Å². The molecule has 2 atom stereocenters. The molecular formula is C15H17BrFN5O5S. The monoisotopic (exact) mass is 477 g/mol. The van der Waals surface area contributed by atoms with Crippen molar-refractivity contribution in [1.29, 1.82) is 0 Å². The molecule has 28 heavy (non-hydrogen) atoms. The van der Waals surface area contributed by atoms with Crippen LogP contribution in [0.15, 0.2) is 37.5 Å². The third-order valence-electron chi connectivity index (χ3n) is 3.43. The van der Waals surface area contributed by atoms with Gasteiger partial charge in [0.2, 0.25) is 11.7 Å². The van der Waals surface area contributed by atoms with Gasteiger partial charge in [-0.1, -0.05) is 16.9 Å². The highest BCUT2D eigenvalue weighted by molar-refractivity contribution is 9.10. The van der Waals surface area contributed by atoms with Crippen LogP contribution in [-0.4, -0.2) is 62.0 Å². The maximum atomic E-state index is 13.3. The lowest BCUT2D eigenvalue weighted by molar-refractivity contribution is -0.120. The molecule has 0 unspecified atom stereocenters. The number of aromatic nitrogens is 2. The van der Waals surface area contributed by atoms with E-state index in [-0.39, 0.29) is 26.8 Å². The number of aliphatic hydroxyl groups excluding tert-OH is 2. The Hall–Kier alpha value is -2.22. The largest absolute Gasteiger partial charge is 0.409 e. The summed E-state index contributed by atoms with van der Waals surface area (Å²) < 4.78 is 18.2. The first-order chi connectivity index (χ1) is 13.3. The van der Waals surface area contributed by atoms with Crippen molar-refractivity contribution >= 4 is 45.1 Å². The van der Waals surface area contributed by atoms with Crippen LogP contribution in [0.5, 0.6) is 0 Å². The molecule has 0 fully saturated rings. The van der Waals surface area contributed by atoms with Gasteiger partial charge < -0.3 is 26.1 Å². The number of nitrogens with zero attached hydrogens (tertiary/aromatic N) is 3. The molecule has 1 amide bonds. The van der Waals surface area contributed by atoms with Crippen LogP contribution >= 0.6 is 27.7 Å². The third kappa shape index (κ3) is 5.89. The minimum Gasteiger partial charge on any atom is -0.409 e. The van der Waals surface area contributed by atoms with Crippen LogP contribution in [0.4, 0.5) is 10.1 Å². The highest BCUT2D eigenvalue weighted by Crippen LogP contribution is 2.23. The fraction of sp³-hybridized carbons (Fsp3) is 0.333. The van der Waals surface area contributed by atoms with E-state index in [0.717, 1.165) is 11.8 Å². The Balaban J connectivity index is 2.04. The molecule has 0 aliphatic carbocycles. The molecule has 1 aromatic heterocycles. The lowest BCUT2D eigenvalue weighted by atomic mass is 10.2. The Labute approximate surface area is 171 Å². The van der Waals surface area contributed by atoms with Gasteiger partial charge in [-0.3, -0.25) is 4.79 Å². The Bertz CT molecular complexity index is 850. The van der Waals surface area contributed by atoms with Gasteiger partial charge in [0, 0.05) is 5.69 Å².